The van der Waals surface area contributed by atoms with Gasteiger partial charge in [-0.15, -0.1) is 0 Å². The zero-order chi connectivity index (χ0) is 18.7. The Morgan fingerprint density at radius 2 is 2.23 bits per heavy atom. The minimum absolute atomic E-state index is 0.319. The molecule has 0 saturated heterocycles. The van der Waals surface area contributed by atoms with Crippen molar-refractivity contribution in [3.05, 3.63) is 47.3 Å². The van der Waals surface area contributed by atoms with Crippen LogP contribution in [0.3, 0.4) is 0 Å². The number of hydrogen-bond acceptors (Lipinski definition) is 3. The number of anilines is 1. The molecule has 0 radical (unpaired) electrons. The number of hydrogen-bond donors (Lipinski definition) is 3. The minimum atomic E-state index is -0.429. The molecule has 2 aromatic rings. The van der Waals surface area contributed by atoms with E-state index in [0.29, 0.717) is 29.9 Å². The number of nitrogens with zero attached hydrogens (tertiary/aromatic N) is 3. The molecule has 1 aliphatic rings. The zero-order valence-corrected chi connectivity index (χ0v) is 15.3. The van der Waals surface area contributed by atoms with E-state index in [0.717, 1.165) is 30.8 Å². The number of fused-ring (bicyclic) bond motifs is 1. The van der Waals surface area contributed by atoms with Gasteiger partial charge in [0.25, 0.3) is 5.91 Å². The second-order valence-corrected chi connectivity index (χ2v) is 7.08. The van der Waals surface area contributed by atoms with Gasteiger partial charge in [0, 0.05) is 18.8 Å². The monoisotopic (exact) mass is 354 g/mol. The van der Waals surface area contributed by atoms with Crippen molar-refractivity contribution in [2.45, 2.75) is 39.2 Å². The second kappa shape index (κ2) is 7.59. The van der Waals surface area contributed by atoms with Crippen LogP contribution in [0.1, 0.15) is 47.8 Å². The fourth-order valence-corrected chi connectivity index (χ4v) is 3.25. The molecule has 0 fully saturated rings. The van der Waals surface area contributed by atoms with Gasteiger partial charge in [-0.2, -0.15) is 5.10 Å². The van der Waals surface area contributed by atoms with Gasteiger partial charge in [0.05, 0.1) is 17.5 Å². The molecule has 1 unspecified atom stereocenters. The normalized spacial score (nSPS) is 17.2. The highest BCUT2D eigenvalue weighted by atomic mass is 16.1. The largest absolute Gasteiger partial charge is 0.370 e. The molecule has 26 heavy (non-hydrogen) atoms. The predicted octanol–water partition coefficient (Wildman–Crippen LogP) is 2.09. The van der Waals surface area contributed by atoms with Gasteiger partial charge in [-0.25, -0.2) is 0 Å². The fraction of sp³-hybridized carbons (Fsp3) is 0.421. The van der Waals surface area contributed by atoms with Crippen LogP contribution in [0.4, 0.5) is 5.69 Å². The first-order valence-electron chi connectivity index (χ1n) is 8.95. The van der Waals surface area contributed by atoms with Gasteiger partial charge < -0.3 is 16.8 Å². The Labute approximate surface area is 153 Å². The average Bonchev–Trinajstić information content (AvgIpc) is 3.03. The summed E-state index contributed by atoms with van der Waals surface area (Å²) in [5.74, 6) is 0.753. The summed E-state index contributed by atoms with van der Waals surface area (Å²) in [6.07, 6.45) is 3.24. The van der Waals surface area contributed by atoms with E-state index in [1.807, 2.05) is 16.8 Å². The molecule has 1 aromatic carbocycles. The molecule has 3 rings (SSSR count). The average molecular weight is 354 g/mol. The molecule has 2 heterocycles. The van der Waals surface area contributed by atoms with Crippen molar-refractivity contribution >= 4 is 17.6 Å². The number of guanidine groups is 1. The number of carbonyl (C=O) groups excluding carboxylic acids is 1. The van der Waals surface area contributed by atoms with Gasteiger partial charge in [-0.1, -0.05) is 26.0 Å². The Morgan fingerprint density at radius 1 is 1.42 bits per heavy atom. The Balaban J connectivity index is 1.62. The Morgan fingerprint density at radius 3 is 2.96 bits per heavy atom. The number of carbonyl (C=O) groups is 1. The summed E-state index contributed by atoms with van der Waals surface area (Å²) in [4.78, 5) is 16.0. The molecule has 7 nitrogen and oxygen atoms in total. The Hall–Kier alpha value is -2.83. The van der Waals surface area contributed by atoms with Gasteiger partial charge >= 0.3 is 0 Å². The maximum atomic E-state index is 11.5. The molecule has 138 valence electrons. The van der Waals surface area contributed by atoms with Crippen molar-refractivity contribution in [2.24, 2.45) is 22.4 Å². The summed E-state index contributed by atoms with van der Waals surface area (Å²) in [5.41, 5.74) is 15.1. The molecule has 0 aliphatic carbocycles. The van der Waals surface area contributed by atoms with Crippen molar-refractivity contribution in [1.82, 2.24) is 9.78 Å². The zero-order valence-electron chi connectivity index (χ0n) is 15.3. The van der Waals surface area contributed by atoms with Crippen LogP contribution in [0.15, 0.2) is 35.5 Å². The molecule has 1 aromatic heterocycles. The third-order valence-electron chi connectivity index (χ3n) is 4.79. The second-order valence-electron chi connectivity index (χ2n) is 7.08. The SMILES string of the molecule is CC(C)c1cccc(NC(N)=NCC2CCn3ncc(C(N)=O)c3C2)c1. The molecular weight excluding hydrogens is 328 g/mol. The summed E-state index contributed by atoms with van der Waals surface area (Å²) >= 11 is 0. The van der Waals surface area contributed by atoms with Crippen LogP contribution in [-0.2, 0) is 13.0 Å². The smallest absolute Gasteiger partial charge is 0.252 e. The highest BCUT2D eigenvalue weighted by Crippen LogP contribution is 2.23. The molecule has 0 saturated carbocycles. The van der Waals surface area contributed by atoms with Gasteiger partial charge in [0.15, 0.2) is 5.96 Å². The topological polar surface area (TPSA) is 111 Å². The molecule has 1 atom stereocenters. The Kier molecular flexibility index (Phi) is 5.25. The number of nitrogens with one attached hydrogen (secondary N) is 1. The number of benzene rings is 1. The molecule has 5 N–H and O–H groups in total. The third kappa shape index (κ3) is 4.04. The van der Waals surface area contributed by atoms with E-state index in [9.17, 15) is 4.79 Å². The highest BCUT2D eigenvalue weighted by Gasteiger charge is 2.24. The summed E-state index contributed by atoms with van der Waals surface area (Å²) in [6.45, 7) is 5.69. The maximum absolute atomic E-state index is 11.5. The fourth-order valence-electron chi connectivity index (χ4n) is 3.25. The van der Waals surface area contributed by atoms with Crippen LogP contribution < -0.4 is 16.8 Å². The summed E-state index contributed by atoms with van der Waals surface area (Å²) in [6, 6.07) is 8.18. The summed E-state index contributed by atoms with van der Waals surface area (Å²) < 4.78 is 1.86. The van der Waals surface area contributed by atoms with E-state index in [2.05, 4.69) is 41.4 Å². The van der Waals surface area contributed by atoms with Gasteiger partial charge in [-0.3, -0.25) is 14.5 Å². The number of aryl methyl sites for hydroxylation is 1. The standard InChI is InChI=1S/C19H26N6O/c1-12(2)14-4-3-5-15(9-14)24-19(21)22-10-13-6-7-25-17(8-13)16(11-23-25)18(20)26/h3-5,9,11-13H,6-8,10H2,1-2H3,(H2,20,26)(H3,21,22,24). The van der Waals surface area contributed by atoms with E-state index in [1.54, 1.807) is 6.20 Å². The number of nitrogens with two attached hydrogens (primary N) is 2. The molecule has 1 aliphatic heterocycles. The molecule has 1 amide bonds. The van der Waals surface area contributed by atoms with E-state index in [4.69, 9.17) is 11.5 Å². The van der Waals surface area contributed by atoms with Gasteiger partial charge in [0.2, 0.25) is 0 Å². The lowest BCUT2D eigenvalue weighted by Crippen LogP contribution is -2.27. The van der Waals surface area contributed by atoms with Gasteiger partial charge in [-0.05, 0) is 42.4 Å². The first-order valence-corrected chi connectivity index (χ1v) is 8.95. The quantitative estimate of drug-likeness (QED) is 0.564. The van der Waals surface area contributed by atoms with Crippen molar-refractivity contribution in [3.8, 4) is 0 Å². The van der Waals surface area contributed by atoms with E-state index >= 15 is 0 Å². The predicted molar refractivity (Wildman–Crippen MR) is 103 cm³/mol. The summed E-state index contributed by atoms with van der Waals surface area (Å²) in [7, 11) is 0. The molecule has 0 spiro atoms. The van der Waals surface area contributed by atoms with E-state index < -0.39 is 5.91 Å². The summed E-state index contributed by atoms with van der Waals surface area (Å²) in [5, 5.41) is 7.39. The number of aliphatic imine (C=N–C) groups is 1. The molecular formula is C19H26N6O. The van der Waals surface area contributed by atoms with E-state index in [1.165, 1.54) is 5.56 Å². The van der Waals surface area contributed by atoms with Crippen molar-refractivity contribution in [3.63, 3.8) is 0 Å². The number of primary amides is 1. The highest BCUT2D eigenvalue weighted by molar-refractivity contribution is 5.94. The van der Waals surface area contributed by atoms with Crippen molar-refractivity contribution in [2.75, 3.05) is 11.9 Å². The van der Waals surface area contributed by atoms with Crippen LogP contribution in [0.2, 0.25) is 0 Å². The molecule has 0 bridgehead atoms. The van der Waals surface area contributed by atoms with Crippen LogP contribution >= 0.6 is 0 Å². The number of amides is 1. The van der Waals surface area contributed by atoms with E-state index in [-0.39, 0.29) is 0 Å². The maximum Gasteiger partial charge on any atom is 0.252 e. The molecule has 7 heteroatoms. The lowest BCUT2D eigenvalue weighted by atomic mass is 9.94. The van der Waals surface area contributed by atoms with Crippen LogP contribution in [0.5, 0.6) is 0 Å². The first-order chi connectivity index (χ1) is 12.4. The van der Waals surface area contributed by atoms with Crippen LogP contribution in [-0.4, -0.2) is 28.2 Å². The first kappa shape index (κ1) is 18.0. The number of aromatic nitrogens is 2. The Bertz CT molecular complexity index is 823. The lowest BCUT2D eigenvalue weighted by molar-refractivity contribution is 0.0998. The minimum Gasteiger partial charge on any atom is -0.370 e. The van der Waals surface area contributed by atoms with Crippen molar-refractivity contribution in [1.29, 1.82) is 0 Å². The lowest BCUT2D eigenvalue weighted by Gasteiger charge is -2.22. The van der Waals surface area contributed by atoms with Gasteiger partial charge in [0.1, 0.15) is 0 Å². The third-order valence-corrected chi connectivity index (χ3v) is 4.79. The van der Waals surface area contributed by atoms with Crippen LogP contribution in [0, 0.1) is 5.92 Å². The number of rotatable bonds is 5. The van der Waals surface area contributed by atoms with Crippen LogP contribution in [0.25, 0.3) is 0 Å². The van der Waals surface area contributed by atoms with Crippen molar-refractivity contribution < 1.29 is 4.79 Å².